The largest absolute Gasteiger partial charge is 0.479 e. The summed E-state index contributed by atoms with van der Waals surface area (Å²) >= 11 is 0. The minimum Gasteiger partial charge on any atom is -0.479 e. The number of methoxy groups -OCH3 is 1. The first-order valence-electron chi connectivity index (χ1n) is 7.09. The Morgan fingerprint density at radius 1 is 1.55 bits per heavy atom. The van der Waals surface area contributed by atoms with Crippen LogP contribution in [0, 0.1) is 0 Å². The number of amides is 1. The number of aryl methyl sites for hydroxylation is 1. The topological polar surface area (TPSA) is 91.4 Å². The molecule has 3 rings (SSSR count). The second kappa shape index (κ2) is 6.18. The molecule has 0 bridgehead atoms. The van der Waals surface area contributed by atoms with Crippen molar-refractivity contribution < 1.29 is 18.8 Å². The quantitative estimate of drug-likeness (QED) is 0.908. The van der Waals surface area contributed by atoms with Crippen molar-refractivity contribution in [3.05, 3.63) is 29.8 Å². The lowest BCUT2D eigenvalue weighted by Gasteiger charge is -2.31. The van der Waals surface area contributed by atoms with Crippen LogP contribution >= 0.6 is 0 Å². The molecular weight excluding hydrogens is 288 g/mol. The summed E-state index contributed by atoms with van der Waals surface area (Å²) in [5, 5.41) is 10.7. The van der Waals surface area contributed by atoms with E-state index in [2.05, 4.69) is 15.6 Å². The number of nitrogens with zero attached hydrogens (tertiary/aromatic N) is 3. The fourth-order valence-corrected chi connectivity index (χ4v) is 2.55. The highest BCUT2D eigenvalue weighted by Gasteiger charge is 2.30. The highest BCUT2D eigenvalue weighted by molar-refractivity contribution is 5.91. The summed E-state index contributed by atoms with van der Waals surface area (Å²) in [6.45, 7) is 0.669. The molecule has 1 fully saturated rings. The molecule has 8 nitrogen and oxygen atoms in total. The van der Waals surface area contributed by atoms with E-state index in [1.807, 2.05) is 13.2 Å². The Morgan fingerprint density at radius 2 is 2.41 bits per heavy atom. The van der Waals surface area contributed by atoms with Crippen LogP contribution in [-0.2, 0) is 11.8 Å². The third-order valence-electron chi connectivity index (χ3n) is 3.61. The fraction of sp³-hybridized carbons (Fsp3) is 0.500. The SMILES string of the molecule is COc1cc(C(=O)N[C@H]2CCCO[C@@H]2c2cnn(C)c2)on1. The normalized spacial score (nSPS) is 21.5. The van der Waals surface area contributed by atoms with Crippen molar-refractivity contribution in [2.45, 2.75) is 25.0 Å². The van der Waals surface area contributed by atoms with E-state index in [4.69, 9.17) is 14.0 Å². The highest BCUT2D eigenvalue weighted by Crippen LogP contribution is 2.28. The standard InChI is InChI=1S/C14H18N4O4/c1-18-8-9(7-15-18)13-10(4-3-5-21-13)16-14(19)11-6-12(20-2)17-22-11/h6-8,10,13H,3-5H2,1-2H3,(H,16,19)/t10-,13+/m0/s1. The lowest BCUT2D eigenvalue weighted by molar-refractivity contribution is -0.00983. The molecule has 1 N–H and O–H groups in total. The van der Waals surface area contributed by atoms with E-state index >= 15 is 0 Å². The third-order valence-corrected chi connectivity index (χ3v) is 3.61. The molecule has 0 saturated carbocycles. The predicted molar refractivity (Wildman–Crippen MR) is 75.4 cm³/mol. The van der Waals surface area contributed by atoms with Gasteiger partial charge in [0.05, 0.1) is 25.4 Å². The first-order valence-corrected chi connectivity index (χ1v) is 7.09. The van der Waals surface area contributed by atoms with Crippen LogP contribution in [0.4, 0.5) is 0 Å². The first kappa shape index (κ1) is 14.6. The first-order chi connectivity index (χ1) is 10.7. The van der Waals surface area contributed by atoms with Crippen molar-refractivity contribution in [2.24, 2.45) is 7.05 Å². The van der Waals surface area contributed by atoms with Gasteiger partial charge in [0.25, 0.3) is 11.8 Å². The van der Waals surface area contributed by atoms with E-state index < -0.39 is 0 Å². The molecule has 2 atom stereocenters. The van der Waals surface area contributed by atoms with Crippen LogP contribution in [0.1, 0.15) is 35.1 Å². The Balaban J connectivity index is 1.72. The van der Waals surface area contributed by atoms with Crippen molar-refractivity contribution in [3.8, 4) is 5.88 Å². The number of aromatic nitrogens is 3. The van der Waals surface area contributed by atoms with Gasteiger partial charge in [-0.15, -0.1) is 0 Å². The predicted octanol–water partition coefficient (Wildman–Crippen LogP) is 1.07. The third kappa shape index (κ3) is 2.96. The summed E-state index contributed by atoms with van der Waals surface area (Å²) in [6, 6.07) is 1.32. The molecule has 22 heavy (non-hydrogen) atoms. The Labute approximate surface area is 127 Å². The lowest BCUT2D eigenvalue weighted by atomic mass is 9.98. The smallest absolute Gasteiger partial charge is 0.290 e. The zero-order valence-corrected chi connectivity index (χ0v) is 12.5. The molecule has 0 spiro atoms. The number of hydrogen-bond acceptors (Lipinski definition) is 6. The summed E-state index contributed by atoms with van der Waals surface area (Å²) in [6.07, 6.45) is 5.16. The lowest BCUT2D eigenvalue weighted by Crippen LogP contribution is -2.42. The average Bonchev–Trinajstić information content (AvgIpc) is 3.16. The van der Waals surface area contributed by atoms with Gasteiger partial charge in [0.1, 0.15) is 6.10 Å². The van der Waals surface area contributed by atoms with Gasteiger partial charge in [-0.1, -0.05) is 0 Å². The van der Waals surface area contributed by atoms with Crippen LogP contribution < -0.4 is 10.1 Å². The second-order valence-electron chi connectivity index (χ2n) is 5.19. The number of nitrogens with one attached hydrogen (secondary N) is 1. The summed E-state index contributed by atoms with van der Waals surface area (Å²) < 4.78 is 17.4. The van der Waals surface area contributed by atoms with Crippen LogP contribution in [0.3, 0.4) is 0 Å². The Kier molecular flexibility index (Phi) is 4.10. The molecule has 1 amide bonds. The van der Waals surface area contributed by atoms with Gasteiger partial charge in [-0.3, -0.25) is 9.48 Å². The summed E-state index contributed by atoms with van der Waals surface area (Å²) in [5.41, 5.74) is 0.947. The average molecular weight is 306 g/mol. The molecule has 1 saturated heterocycles. The van der Waals surface area contributed by atoms with Crippen LogP contribution in [0.25, 0.3) is 0 Å². The molecule has 0 radical (unpaired) electrons. The van der Waals surface area contributed by atoms with Crippen LogP contribution in [0.5, 0.6) is 5.88 Å². The summed E-state index contributed by atoms with van der Waals surface area (Å²) in [7, 11) is 3.31. The summed E-state index contributed by atoms with van der Waals surface area (Å²) in [4.78, 5) is 12.2. The van der Waals surface area contributed by atoms with E-state index in [1.54, 1.807) is 10.9 Å². The van der Waals surface area contributed by atoms with E-state index in [0.29, 0.717) is 6.61 Å². The fourth-order valence-electron chi connectivity index (χ4n) is 2.55. The molecule has 8 heteroatoms. The summed E-state index contributed by atoms with van der Waals surface area (Å²) in [5.74, 6) is 0.0569. The Morgan fingerprint density at radius 3 is 3.09 bits per heavy atom. The number of carbonyl (C=O) groups excluding carboxylic acids is 1. The molecule has 2 aromatic rings. The molecule has 1 aliphatic heterocycles. The van der Waals surface area contributed by atoms with Crippen LogP contribution in [-0.4, -0.2) is 40.6 Å². The van der Waals surface area contributed by atoms with Gasteiger partial charge in [-0.2, -0.15) is 5.10 Å². The molecule has 2 aromatic heterocycles. The Bertz CT molecular complexity index is 651. The molecule has 0 aromatic carbocycles. The highest BCUT2D eigenvalue weighted by atomic mass is 16.5. The molecule has 0 aliphatic carbocycles. The number of rotatable bonds is 4. The van der Waals surface area contributed by atoms with Crippen LogP contribution in [0.2, 0.25) is 0 Å². The van der Waals surface area contributed by atoms with Crippen LogP contribution in [0.15, 0.2) is 23.0 Å². The number of ether oxygens (including phenoxy) is 2. The minimum absolute atomic E-state index is 0.118. The van der Waals surface area contributed by atoms with E-state index in [9.17, 15) is 4.79 Å². The zero-order valence-electron chi connectivity index (χ0n) is 12.5. The maximum absolute atomic E-state index is 12.2. The maximum atomic E-state index is 12.2. The monoisotopic (exact) mass is 306 g/mol. The number of hydrogen-bond donors (Lipinski definition) is 1. The molecule has 0 unspecified atom stereocenters. The van der Waals surface area contributed by atoms with Crippen molar-refractivity contribution in [3.63, 3.8) is 0 Å². The van der Waals surface area contributed by atoms with Crippen molar-refractivity contribution in [2.75, 3.05) is 13.7 Å². The Hall–Kier alpha value is -2.35. The zero-order chi connectivity index (χ0) is 15.5. The van der Waals surface area contributed by atoms with Crippen molar-refractivity contribution in [1.82, 2.24) is 20.3 Å². The van der Waals surface area contributed by atoms with Gasteiger partial charge in [0.2, 0.25) is 5.76 Å². The molecule has 118 valence electrons. The van der Waals surface area contributed by atoms with Gasteiger partial charge >= 0.3 is 0 Å². The van der Waals surface area contributed by atoms with Gasteiger partial charge in [-0.05, 0) is 18.0 Å². The van der Waals surface area contributed by atoms with E-state index in [-0.39, 0.29) is 29.7 Å². The van der Waals surface area contributed by atoms with E-state index in [1.165, 1.54) is 13.2 Å². The number of carbonyl (C=O) groups is 1. The van der Waals surface area contributed by atoms with Crippen molar-refractivity contribution >= 4 is 5.91 Å². The van der Waals surface area contributed by atoms with Crippen molar-refractivity contribution in [1.29, 1.82) is 0 Å². The molecular formula is C14H18N4O4. The van der Waals surface area contributed by atoms with E-state index in [0.717, 1.165) is 18.4 Å². The molecule has 1 aliphatic rings. The van der Waals surface area contributed by atoms with Gasteiger partial charge in [0, 0.05) is 25.4 Å². The second-order valence-corrected chi connectivity index (χ2v) is 5.19. The molecule has 3 heterocycles. The maximum Gasteiger partial charge on any atom is 0.290 e. The van der Waals surface area contributed by atoms with Gasteiger partial charge < -0.3 is 19.3 Å². The van der Waals surface area contributed by atoms with Gasteiger partial charge in [-0.25, -0.2) is 0 Å². The van der Waals surface area contributed by atoms with Gasteiger partial charge in [0.15, 0.2) is 0 Å². The minimum atomic E-state index is -0.333.